The van der Waals surface area contributed by atoms with Crippen LogP contribution in [0.3, 0.4) is 0 Å². The highest BCUT2D eigenvalue weighted by Gasteiger charge is 2.30. The summed E-state index contributed by atoms with van der Waals surface area (Å²) in [5.41, 5.74) is 0.607. The molecule has 3 aromatic rings. The number of pyridine rings is 1. The Balaban J connectivity index is 2.20. The number of hydrogen-bond donors (Lipinski definition) is 0. The maximum Gasteiger partial charge on any atom is 0.416 e. The van der Waals surface area contributed by atoms with Gasteiger partial charge in [0.05, 0.1) is 11.1 Å². The highest BCUT2D eigenvalue weighted by molar-refractivity contribution is 5.81. The summed E-state index contributed by atoms with van der Waals surface area (Å²) in [6, 6.07) is 8.42. The van der Waals surface area contributed by atoms with Gasteiger partial charge in [-0.2, -0.15) is 18.4 Å². The first-order valence-electron chi connectivity index (χ1n) is 5.90. The summed E-state index contributed by atoms with van der Waals surface area (Å²) in [4.78, 5) is 7.93. The molecule has 2 heterocycles. The molecule has 3 rings (SSSR count). The SMILES string of the molecule is N#Cc1nccc2c1ncn2-c1cccc(C(F)(F)F)c1. The number of benzene rings is 1. The van der Waals surface area contributed by atoms with Crippen molar-refractivity contribution >= 4 is 11.0 Å². The smallest absolute Gasteiger partial charge is 0.299 e. The van der Waals surface area contributed by atoms with Crippen LogP contribution in [-0.2, 0) is 6.18 Å². The molecule has 0 fully saturated rings. The second-order valence-corrected chi connectivity index (χ2v) is 4.30. The number of alkyl halides is 3. The van der Waals surface area contributed by atoms with Crippen molar-refractivity contribution in [1.29, 1.82) is 5.26 Å². The van der Waals surface area contributed by atoms with Crippen molar-refractivity contribution in [2.24, 2.45) is 0 Å². The van der Waals surface area contributed by atoms with E-state index >= 15 is 0 Å². The molecule has 0 amide bonds. The largest absolute Gasteiger partial charge is 0.416 e. The van der Waals surface area contributed by atoms with Crippen LogP contribution in [-0.4, -0.2) is 14.5 Å². The van der Waals surface area contributed by atoms with Crippen LogP contribution in [0.25, 0.3) is 16.7 Å². The number of halogens is 3. The van der Waals surface area contributed by atoms with Crippen LogP contribution >= 0.6 is 0 Å². The molecule has 104 valence electrons. The molecule has 0 saturated carbocycles. The lowest BCUT2D eigenvalue weighted by Crippen LogP contribution is -2.05. The highest BCUT2D eigenvalue weighted by Crippen LogP contribution is 2.31. The Morgan fingerprint density at radius 3 is 2.67 bits per heavy atom. The molecule has 7 heteroatoms. The molecule has 0 bridgehead atoms. The van der Waals surface area contributed by atoms with Gasteiger partial charge in [-0.3, -0.25) is 4.57 Å². The van der Waals surface area contributed by atoms with Crippen molar-refractivity contribution in [2.75, 3.05) is 0 Å². The highest BCUT2D eigenvalue weighted by atomic mass is 19.4. The summed E-state index contributed by atoms with van der Waals surface area (Å²) in [6.07, 6.45) is -1.61. The predicted molar refractivity (Wildman–Crippen MR) is 68.6 cm³/mol. The third-order valence-electron chi connectivity index (χ3n) is 3.02. The van der Waals surface area contributed by atoms with Crippen LogP contribution in [0.2, 0.25) is 0 Å². The van der Waals surface area contributed by atoms with Crippen LogP contribution in [0.15, 0.2) is 42.9 Å². The molecular weight excluding hydrogens is 281 g/mol. The van der Waals surface area contributed by atoms with Gasteiger partial charge in [-0.05, 0) is 24.3 Å². The summed E-state index contributed by atoms with van der Waals surface area (Å²) in [5.74, 6) is 0. The van der Waals surface area contributed by atoms with E-state index in [-0.39, 0.29) is 5.69 Å². The molecule has 0 radical (unpaired) electrons. The van der Waals surface area contributed by atoms with E-state index in [0.717, 1.165) is 12.1 Å². The van der Waals surface area contributed by atoms with E-state index in [1.807, 2.05) is 6.07 Å². The average Bonchev–Trinajstić information content (AvgIpc) is 2.90. The maximum atomic E-state index is 12.8. The lowest BCUT2D eigenvalue weighted by atomic mass is 10.2. The molecule has 21 heavy (non-hydrogen) atoms. The second kappa shape index (κ2) is 4.59. The fourth-order valence-electron chi connectivity index (χ4n) is 2.06. The lowest BCUT2D eigenvalue weighted by molar-refractivity contribution is -0.137. The minimum absolute atomic E-state index is 0.137. The molecule has 0 atom stereocenters. The fourth-order valence-corrected chi connectivity index (χ4v) is 2.06. The molecule has 4 nitrogen and oxygen atoms in total. The molecule has 0 aliphatic heterocycles. The van der Waals surface area contributed by atoms with E-state index in [9.17, 15) is 13.2 Å². The zero-order valence-electron chi connectivity index (χ0n) is 10.5. The van der Waals surface area contributed by atoms with Gasteiger partial charge in [0.15, 0.2) is 5.69 Å². The minimum Gasteiger partial charge on any atom is -0.299 e. The van der Waals surface area contributed by atoms with E-state index in [4.69, 9.17) is 5.26 Å². The van der Waals surface area contributed by atoms with Crippen molar-refractivity contribution < 1.29 is 13.2 Å². The van der Waals surface area contributed by atoms with Crippen LogP contribution in [0.4, 0.5) is 13.2 Å². The van der Waals surface area contributed by atoms with Crippen molar-refractivity contribution in [1.82, 2.24) is 14.5 Å². The van der Waals surface area contributed by atoms with Gasteiger partial charge < -0.3 is 0 Å². The van der Waals surface area contributed by atoms with Crippen molar-refractivity contribution in [2.45, 2.75) is 6.18 Å². The van der Waals surface area contributed by atoms with Crippen LogP contribution in [0.5, 0.6) is 0 Å². The summed E-state index contributed by atoms with van der Waals surface area (Å²) < 4.78 is 39.8. The number of nitrogens with zero attached hydrogens (tertiary/aromatic N) is 4. The fraction of sp³-hybridized carbons (Fsp3) is 0.0714. The number of hydrogen-bond acceptors (Lipinski definition) is 3. The topological polar surface area (TPSA) is 54.5 Å². The van der Waals surface area contributed by atoms with Crippen molar-refractivity contribution in [3.05, 3.63) is 54.1 Å². The van der Waals surface area contributed by atoms with Gasteiger partial charge in [0, 0.05) is 11.9 Å². The predicted octanol–water partition coefficient (Wildman–Crippen LogP) is 3.31. The van der Waals surface area contributed by atoms with Gasteiger partial charge in [0.2, 0.25) is 0 Å². The molecular formula is C14H7F3N4. The molecule has 1 aromatic carbocycles. The van der Waals surface area contributed by atoms with Crippen molar-refractivity contribution in [3.8, 4) is 11.8 Å². The summed E-state index contributed by atoms with van der Waals surface area (Å²) in [7, 11) is 0. The molecule has 0 aliphatic carbocycles. The minimum atomic E-state index is -4.41. The molecule has 0 aliphatic rings. The second-order valence-electron chi connectivity index (χ2n) is 4.30. The van der Waals surface area contributed by atoms with Crippen LogP contribution < -0.4 is 0 Å². The Labute approximate surface area is 117 Å². The van der Waals surface area contributed by atoms with Gasteiger partial charge in [-0.1, -0.05) is 6.07 Å². The molecule has 0 spiro atoms. The Hall–Kier alpha value is -2.88. The van der Waals surface area contributed by atoms with E-state index < -0.39 is 11.7 Å². The zero-order valence-corrected chi connectivity index (χ0v) is 10.5. The normalized spacial score (nSPS) is 11.5. The van der Waals surface area contributed by atoms with Gasteiger partial charge >= 0.3 is 6.18 Å². The quantitative estimate of drug-likeness (QED) is 0.690. The third-order valence-corrected chi connectivity index (χ3v) is 3.02. The molecule has 0 saturated heterocycles. The third kappa shape index (κ3) is 2.21. The Bertz CT molecular complexity index is 859. The Kier molecular flexibility index (Phi) is 2.87. The van der Waals surface area contributed by atoms with E-state index in [1.165, 1.54) is 23.2 Å². The van der Waals surface area contributed by atoms with E-state index in [1.54, 1.807) is 12.1 Å². The van der Waals surface area contributed by atoms with E-state index in [2.05, 4.69) is 9.97 Å². The zero-order chi connectivity index (χ0) is 15.0. The first-order chi connectivity index (χ1) is 10.0. The van der Waals surface area contributed by atoms with Gasteiger partial charge in [0.1, 0.15) is 17.9 Å². The number of imidazole rings is 1. The first kappa shape index (κ1) is 13.1. The Morgan fingerprint density at radius 2 is 1.95 bits per heavy atom. The van der Waals surface area contributed by atoms with Crippen LogP contribution in [0.1, 0.15) is 11.3 Å². The number of nitriles is 1. The average molecular weight is 288 g/mol. The Morgan fingerprint density at radius 1 is 1.14 bits per heavy atom. The van der Waals surface area contributed by atoms with Gasteiger partial charge in [0.25, 0.3) is 0 Å². The van der Waals surface area contributed by atoms with E-state index in [0.29, 0.717) is 16.7 Å². The van der Waals surface area contributed by atoms with Gasteiger partial charge in [-0.15, -0.1) is 0 Å². The summed E-state index contributed by atoms with van der Waals surface area (Å²) in [6.45, 7) is 0. The van der Waals surface area contributed by atoms with Crippen molar-refractivity contribution in [3.63, 3.8) is 0 Å². The number of rotatable bonds is 1. The standard InChI is InChI=1S/C14H7F3N4/c15-14(16,17)9-2-1-3-10(6-9)21-8-20-13-11(7-18)19-5-4-12(13)21/h1-6,8H. The van der Waals surface area contributed by atoms with Gasteiger partial charge in [-0.25, -0.2) is 9.97 Å². The first-order valence-corrected chi connectivity index (χ1v) is 5.90. The molecule has 0 unspecified atom stereocenters. The molecule has 2 aromatic heterocycles. The number of aromatic nitrogens is 3. The maximum absolute atomic E-state index is 12.8. The summed E-state index contributed by atoms with van der Waals surface area (Å²) in [5, 5.41) is 8.96. The van der Waals surface area contributed by atoms with Crippen LogP contribution in [0, 0.1) is 11.3 Å². The molecule has 0 N–H and O–H groups in total. The number of fused-ring (bicyclic) bond motifs is 1. The lowest BCUT2D eigenvalue weighted by Gasteiger charge is -2.09. The summed E-state index contributed by atoms with van der Waals surface area (Å²) >= 11 is 0. The monoisotopic (exact) mass is 288 g/mol.